The van der Waals surface area contributed by atoms with E-state index in [2.05, 4.69) is 10.5 Å². The van der Waals surface area contributed by atoms with E-state index >= 15 is 0 Å². The normalized spacial score (nSPS) is 11.9. The molecule has 0 fully saturated rings. The van der Waals surface area contributed by atoms with Crippen molar-refractivity contribution in [2.24, 2.45) is 10.6 Å². The number of aromatic nitrogens is 1. The number of nitrogens with one attached hydrogen (secondary N) is 1. The van der Waals surface area contributed by atoms with Crippen LogP contribution in [0.5, 0.6) is 0 Å². The van der Waals surface area contributed by atoms with Gasteiger partial charge in [0.05, 0.1) is 5.71 Å². The van der Waals surface area contributed by atoms with Gasteiger partial charge in [0.25, 0.3) is 5.03 Å². The predicted molar refractivity (Wildman–Crippen MR) is 99.6 cm³/mol. The summed E-state index contributed by atoms with van der Waals surface area (Å²) < 4.78 is 0.800. The summed E-state index contributed by atoms with van der Waals surface area (Å²) in [6.07, 6.45) is 0.789. The van der Waals surface area contributed by atoms with Crippen LogP contribution < -0.4 is 10.0 Å². The molecule has 1 amide bonds. The first-order valence-corrected chi connectivity index (χ1v) is 8.76. The summed E-state index contributed by atoms with van der Waals surface area (Å²) in [6, 6.07) is 14.2. The van der Waals surface area contributed by atoms with E-state index in [-0.39, 0.29) is 5.41 Å². The number of amides is 1. The molecule has 0 aliphatic heterocycles. The number of anilines is 1. The van der Waals surface area contributed by atoms with Crippen LogP contribution >= 0.6 is 11.8 Å². The molecule has 0 atom stereocenters. The number of hydrogen-bond donors (Lipinski definition) is 1. The molecule has 1 aromatic heterocycles. The number of carbonyl (C=O) groups excluding carboxylic acids is 1. The molecule has 25 heavy (non-hydrogen) atoms. The Morgan fingerprint density at radius 2 is 1.88 bits per heavy atom. The Bertz CT molecular complexity index is 743. The van der Waals surface area contributed by atoms with Crippen LogP contribution in [0, 0.1) is 10.6 Å². The number of nitrogens with zero attached hydrogens (tertiary/aromatic N) is 2. The number of para-hydroxylation sites is 1. The molecular formula is C18H21N3O3S. The molecule has 0 aliphatic carbocycles. The van der Waals surface area contributed by atoms with Crippen LogP contribution in [-0.2, 0) is 4.84 Å². The zero-order valence-corrected chi connectivity index (χ0v) is 15.2. The predicted octanol–water partition coefficient (Wildman–Crippen LogP) is 4.06. The van der Waals surface area contributed by atoms with E-state index in [1.165, 1.54) is 18.0 Å². The second-order valence-corrected chi connectivity index (χ2v) is 7.31. The molecular weight excluding hydrogens is 338 g/mol. The third kappa shape index (κ3) is 6.11. The fourth-order valence-corrected chi connectivity index (χ4v) is 2.94. The zero-order chi connectivity index (χ0) is 18.3. The summed E-state index contributed by atoms with van der Waals surface area (Å²) in [6.45, 7) is 5.92. The third-order valence-electron chi connectivity index (χ3n) is 3.27. The van der Waals surface area contributed by atoms with E-state index in [0.717, 1.165) is 4.73 Å². The highest BCUT2D eigenvalue weighted by atomic mass is 32.2. The van der Waals surface area contributed by atoms with Crippen molar-refractivity contribution in [2.75, 3.05) is 11.1 Å². The topological polar surface area (TPSA) is 77.6 Å². The van der Waals surface area contributed by atoms with Gasteiger partial charge in [0.15, 0.2) is 6.20 Å². The lowest BCUT2D eigenvalue weighted by atomic mass is 9.91. The van der Waals surface area contributed by atoms with Gasteiger partial charge in [-0.3, -0.25) is 10.2 Å². The SMILES string of the molecule is CC(C)(C)/C(CSc1cccc[n+]1[O-])=N\OC(=O)Nc1ccccc1. The summed E-state index contributed by atoms with van der Waals surface area (Å²) >= 11 is 1.35. The lowest BCUT2D eigenvalue weighted by molar-refractivity contribution is -0.645. The average molecular weight is 359 g/mol. The van der Waals surface area contributed by atoms with E-state index in [0.29, 0.717) is 22.2 Å². The van der Waals surface area contributed by atoms with Crippen LogP contribution in [0.4, 0.5) is 10.5 Å². The van der Waals surface area contributed by atoms with Crippen LogP contribution in [0.1, 0.15) is 20.8 Å². The van der Waals surface area contributed by atoms with E-state index in [9.17, 15) is 10.0 Å². The van der Waals surface area contributed by atoms with Crippen molar-refractivity contribution in [3.8, 4) is 0 Å². The van der Waals surface area contributed by atoms with Gasteiger partial charge in [-0.05, 0) is 30.0 Å². The van der Waals surface area contributed by atoms with Gasteiger partial charge in [-0.15, -0.1) is 0 Å². The van der Waals surface area contributed by atoms with Crippen molar-refractivity contribution in [2.45, 2.75) is 25.8 Å². The quantitative estimate of drug-likeness (QED) is 0.218. The molecule has 132 valence electrons. The molecule has 6 nitrogen and oxygen atoms in total. The highest BCUT2D eigenvalue weighted by Crippen LogP contribution is 2.23. The number of rotatable bonds is 5. The number of carbonyl (C=O) groups is 1. The van der Waals surface area contributed by atoms with Crippen molar-refractivity contribution in [1.82, 2.24) is 0 Å². The summed E-state index contributed by atoms with van der Waals surface area (Å²) in [5.41, 5.74) is 0.998. The van der Waals surface area contributed by atoms with Crippen LogP contribution in [0.2, 0.25) is 0 Å². The van der Waals surface area contributed by atoms with E-state index < -0.39 is 6.09 Å². The van der Waals surface area contributed by atoms with Crippen molar-refractivity contribution in [3.05, 3.63) is 59.9 Å². The third-order valence-corrected chi connectivity index (χ3v) is 4.30. The number of hydrogen-bond acceptors (Lipinski definition) is 5. The molecule has 0 radical (unpaired) electrons. The van der Waals surface area contributed by atoms with Gasteiger partial charge in [0.1, 0.15) is 0 Å². The molecule has 0 saturated carbocycles. The van der Waals surface area contributed by atoms with Crippen molar-refractivity contribution >= 4 is 29.3 Å². The molecule has 1 heterocycles. The summed E-state index contributed by atoms with van der Waals surface area (Å²) in [4.78, 5) is 16.9. The monoisotopic (exact) mass is 359 g/mol. The molecule has 2 aromatic rings. The smallest absolute Gasteiger partial charge is 0.437 e. The summed E-state index contributed by atoms with van der Waals surface area (Å²) in [5, 5.41) is 18.9. The van der Waals surface area contributed by atoms with Gasteiger partial charge in [-0.1, -0.05) is 44.1 Å². The van der Waals surface area contributed by atoms with Gasteiger partial charge < -0.3 is 5.21 Å². The van der Waals surface area contributed by atoms with E-state index in [1.54, 1.807) is 30.3 Å². The maximum atomic E-state index is 11.9. The lowest BCUT2D eigenvalue weighted by Crippen LogP contribution is -2.29. The fraction of sp³-hybridized carbons (Fsp3) is 0.278. The van der Waals surface area contributed by atoms with E-state index in [1.807, 2.05) is 39.0 Å². The second-order valence-electron chi connectivity index (χ2n) is 6.31. The van der Waals surface area contributed by atoms with Gasteiger partial charge >= 0.3 is 6.09 Å². The van der Waals surface area contributed by atoms with Crippen molar-refractivity contribution < 1.29 is 14.4 Å². The molecule has 0 saturated heterocycles. The first kappa shape index (κ1) is 18.8. The summed E-state index contributed by atoms with van der Waals surface area (Å²) in [5.74, 6) is 0.439. The number of oxime groups is 1. The summed E-state index contributed by atoms with van der Waals surface area (Å²) in [7, 11) is 0. The Morgan fingerprint density at radius 1 is 1.20 bits per heavy atom. The number of pyridine rings is 1. The second kappa shape index (κ2) is 8.53. The molecule has 1 N–H and O–H groups in total. The van der Waals surface area contributed by atoms with Crippen LogP contribution in [0.25, 0.3) is 0 Å². The molecule has 0 unspecified atom stereocenters. The molecule has 2 rings (SSSR count). The first-order chi connectivity index (χ1) is 11.9. The number of thioether (sulfide) groups is 1. The minimum absolute atomic E-state index is 0.303. The Kier molecular flexibility index (Phi) is 6.41. The van der Waals surface area contributed by atoms with Gasteiger partial charge in [0.2, 0.25) is 0 Å². The van der Waals surface area contributed by atoms with Crippen LogP contribution in [-0.4, -0.2) is 17.6 Å². The fourth-order valence-electron chi connectivity index (χ4n) is 1.81. The van der Waals surface area contributed by atoms with Crippen molar-refractivity contribution in [1.29, 1.82) is 0 Å². The average Bonchev–Trinajstić information content (AvgIpc) is 2.56. The van der Waals surface area contributed by atoms with E-state index in [4.69, 9.17) is 4.84 Å². The van der Waals surface area contributed by atoms with Crippen LogP contribution in [0.3, 0.4) is 0 Å². The zero-order valence-electron chi connectivity index (χ0n) is 14.4. The highest BCUT2D eigenvalue weighted by Gasteiger charge is 2.22. The molecule has 0 spiro atoms. The first-order valence-electron chi connectivity index (χ1n) is 7.77. The van der Waals surface area contributed by atoms with Gasteiger partial charge in [0, 0.05) is 29.0 Å². The maximum Gasteiger partial charge on any atom is 0.437 e. The minimum Gasteiger partial charge on any atom is -0.618 e. The molecule has 7 heteroatoms. The van der Waals surface area contributed by atoms with Crippen molar-refractivity contribution in [3.63, 3.8) is 0 Å². The molecule has 0 bridgehead atoms. The Labute approximate surface area is 151 Å². The lowest BCUT2D eigenvalue weighted by Gasteiger charge is -2.20. The Balaban J connectivity index is 2.00. The Morgan fingerprint density at radius 3 is 2.52 bits per heavy atom. The molecule has 1 aromatic carbocycles. The van der Waals surface area contributed by atoms with Gasteiger partial charge in [-0.2, -0.15) is 4.73 Å². The maximum absolute atomic E-state index is 11.9. The van der Waals surface area contributed by atoms with Gasteiger partial charge in [-0.25, -0.2) is 4.79 Å². The minimum atomic E-state index is -0.656. The highest BCUT2D eigenvalue weighted by molar-refractivity contribution is 7.99. The standard InChI is InChI=1S/C18H21N3O3S/c1-18(2,3)15(13-25-16-11-7-8-12-21(16)23)20-24-17(22)19-14-9-5-4-6-10-14/h4-12H,13H2,1-3H3,(H,19,22)/b20-15-. The molecule has 0 aliphatic rings. The number of benzene rings is 1. The largest absolute Gasteiger partial charge is 0.618 e. The van der Waals surface area contributed by atoms with Crippen LogP contribution in [0.15, 0.2) is 64.9 Å². The Hall–Kier alpha value is -2.54.